The fourth-order valence-electron chi connectivity index (χ4n) is 4.83. The SMILES string of the molecule is CCCCNC(=O)[C@H](Cc1ccccc1)N(Cc1ccccc1C)C(=O)CN(c1ccc2c(c1)OCCO2)S(C)(=O)=O. The Morgan fingerprint density at radius 2 is 1.64 bits per heavy atom. The molecule has 0 radical (unpaired) electrons. The van der Waals surface area contributed by atoms with E-state index in [1.165, 1.54) is 4.90 Å². The van der Waals surface area contributed by atoms with Crippen molar-refractivity contribution in [3.63, 3.8) is 0 Å². The topological polar surface area (TPSA) is 105 Å². The van der Waals surface area contributed by atoms with E-state index in [4.69, 9.17) is 9.47 Å². The first-order chi connectivity index (χ1) is 20.2. The van der Waals surface area contributed by atoms with E-state index in [2.05, 4.69) is 5.32 Å². The molecule has 0 saturated heterocycles. The summed E-state index contributed by atoms with van der Waals surface area (Å²) in [5.74, 6) is 0.149. The van der Waals surface area contributed by atoms with Crippen molar-refractivity contribution < 1.29 is 27.5 Å². The zero-order valence-electron chi connectivity index (χ0n) is 24.4. The van der Waals surface area contributed by atoms with Gasteiger partial charge < -0.3 is 19.7 Å². The van der Waals surface area contributed by atoms with Crippen LogP contribution in [0.25, 0.3) is 0 Å². The van der Waals surface area contributed by atoms with Crippen molar-refractivity contribution in [1.82, 2.24) is 10.2 Å². The van der Waals surface area contributed by atoms with Gasteiger partial charge in [-0.1, -0.05) is 67.9 Å². The molecule has 10 heteroatoms. The predicted molar refractivity (Wildman–Crippen MR) is 163 cm³/mol. The molecule has 0 aliphatic carbocycles. The average Bonchev–Trinajstić information content (AvgIpc) is 2.98. The van der Waals surface area contributed by atoms with Gasteiger partial charge in [0.1, 0.15) is 25.8 Å². The van der Waals surface area contributed by atoms with Crippen LogP contribution in [0.15, 0.2) is 72.8 Å². The number of sulfonamides is 1. The number of rotatable bonds is 13. The Kier molecular flexibility index (Phi) is 10.5. The first kappa shape index (κ1) is 30.9. The zero-order chi connectivity index (χ0) is 30.1. The number of carbonyl (C=O) groups excluding carboxylic acids is 2. The van der Waals surface area contributed by atoms with Gasteiger partial charge in [-0.05, 0) is 42.2 Å². The van der Waals surface area contributed by atoms with Crippen LogP contribution in [0.5, 0.6) is 11.5 Å². The lowest BCUT2D eigenvalue weighted by Gasteiger charge is -2.34. The van der Waals surface area contributed by atoms with Crippen LogP contribution in [0.4, 0.5) is 5.69 Å². The van der Waals surface area contributed by atoms with E-state index in [0.717, 1.165) is 40.1 Å². The molecule has 3 aromatic rings. The Balaban J connectivity index is 1.72. The summed E-state index contributed by atoms with van der Waals surface area (Å²) in [5.41, 5.74) is 3.00. The smallest absolute Gasteiger partial charge is 0.244 e. The molecule has 1 heterocycles. The van der Waals surface area contributed by atoms with Gasteiger partial charge in [0, 0.05) is 25.6 Å². The van der Waals surface area contributed by atoms with Crippen LogP contribution in [0.3, 0.4) is 0 Å². The summed E-state index contributed by atoms with van der Waals surface area (Å²) in [4.78, 5) is 29.4. The largest absolute Gasteiger partial charge is 0.486 e. The number of fused-ring (bicyclic) bond motifs is 1. The molecule has 0 saturated carbocycles. The van der Waals surface area contributed by atoms with Crippen molar-refractivity contribution in [2.45, 2.75) is 45.7 Å². The summed E-state index contributed by atoms with van der Waals surface area (Å²) in [6, 6.07) is 21.1. The number of hydrogen-bond acceptors (Lipinski definition) is 6. The summed E-state index contributed by atoms with van der Waals surface area (Å²) >= 11 is 0. The Morgan fingerprint density at radius 1 is 0.952 bits per heavy atom. The van der Waals surface area contributed by atoms with E-state index in [1.807, 2.05) is 68.4 Å². The normalized spacial score (nSPS) is 13.2. The highest BCUT2D eigenvalue weighted by atomic mass is 32.2. The molecule has 4 rings (SSSR count). The first-order valence-electron chi connectivity index (χ1n) is 14.2. The van der Waals surface area contributed by atoms with Crippen LogP contribution < -0.4 is 19.1 Å². The van der Waals surface area contributed by atoms with E-state index < -0.39 is 28.5 Å². The molecule has 1 N–H and O–H groups in total. The molecule has 2 amide bonds. The molecule has 1 atom stereocenters. The molecule has 9 nitrogen and oxygen atoms in total. The van der Waals surface area contributed by atoms with Gasteiger partial charge >= 0.3 is 0 Å². The highest BCUT2D eigenvalue weighted by Crippen LogP contribution is 2.35. The molecule has 0 unspecified atom stereocenters. The number of ether oxygens (including phenoxy) is 2. The second kappa shape index (κ2) is 14.2. The number of benzene rings is 3. The van der Waals surface area contributed by atoms with Crippen LogP contribution in [0, 0.1) is 6.92 Å². The molecule has 0 aromatic heterocycles. The summed E-state index contributed by atoms with van der Waals surface area (Å²) < 4.78 is 38.4. The molecule has 0 fully saturated rings. The third-order valence-electron chi connectivity index (χ3n) is 7.20. The maximum atomic E-state index is 14.2. The molecule has 224 valence electrons. The molecule has 0 spiro atoms. The van der Waals surface area contributed by atoms with Crippen molar-refractivity contribution >= 4 is 27.5 Å². The first-order valence-corrected chi connectivity index (χ1v) is 16.0. The van der Waals surface area contributed by atoms with E-state index in [9.17, 15) is 18.0 Å². The maximum Gasteiger partial charge on any atom is 0.244 e. The van der Waals surface area contributed by atoms with E-state index in [-0.39, 0.29) is 24.6 Å². The lowest BCUT2D eigenvalue weighted by molar-refractivity contribution is -0.140. The van der Waals surface area contributed by atoms with Gasteiger partial charge in [0.25, 0.3) is 0 Å². The van der Waals surface area contributed by atoms with Gasteiger partial charge in [-0.15, -0.1) is 0 Å². The van der Waals surface area contributed by atoms with E-state index >= 15 is 0 Å². The zero-order valence-corrected chi connectivity index (χ0v) is 25.2. The fourth-order valence-corrected chi connectivity index (χ4v) is 5.67. The molecule has 3 aromatic carbocycles. The quantitative estimate of drug-likeness (QED) is 0.300. The van der Waals surface area contributed by atoms with E-state index in [1.54, 1.807) is 18.2 Å². The Bertz CT molecular complexity index is 1480. The van der Waals surface area contributed by atoms with Gasteiger partial charge in [0.05, 0.1) is 11.9 Å². The third kappa shape index (κ3) is 8.03. The van der Waals surface area contributed by atoms with Crippen LogP contribution in [-0.4, -0.2) is 63.7 Å². The minimum Gasteiger partial charge on any atom is -0.486 e. The van der Waals surface area contributed by atoms with Crippen molar-refractivity contribution in [1.29, 1.82) is 0 Å². The minimum atomic E-state index is -3.89. The number of hydrogen-bond donors (Lipinski definition) is 1. The van der Waals surface area contributed by atoms with Crippen LogP contribution in [-0.2, 0) is 32.6 Å². The average molecular weight is 594 g/mol. The lowest BCUT2D eigenvalue weighted by Crippen LogP contribution is -2.53. The van der Waals surface area contributed by atoms with Crippen molar-refractivity contribution in [3.8, 4) is 11.5 Å². The van der Waals surface area contributed by atoms with Gasteiger partial charge in [-0.2, -0.15) is 0 Å². The number of anilines is 1. The predicted octanol–water partition coefficient (Wildman–Crippen LogP) is 4.09. The number of carbonyl (C=O) groups is 2. The third-order valence-corrected chi connectivity index (χ3v) is 8.34. The van der Waals surface area contributed by atoms with Crippen LogP contribution >= 0.6 is 0 Å². The van der Waals surface area contributed by atoms with Gasteiger partial charge in [0.15, 0.2) is 11.5 Å². The number of unbranched alkanes of at least 4 members (excludes halogenated alkanes) is 1. The van der Waals surface area contributed by atoms with Gasteiger partial charge in [-0.25, -0.2) is 8.42 Å². The molecule has 1 aliphatic rings. The lowest BCUT2D eigenvalue weighted by atomic mass is 10.0. The number of nitrogens with zero attached hydrogens (tertiary/aromatic N) is 2. The standard InChI is InChI=1S/C32H39N3O6S/c1-4-5-17-33-32(37)28(20-25-12-7-6-8-13-25)34(22-26-14-10-9-11-24(26)2)31(36)23-35(42(3,38)39)27-15-16-29-30(21-27)41-19-18-40-29/h6-16,21,28H,4-5,17-20,22-23H2,1-3H3,(H,33,37)/t28-/m0/s1. The Morgan fingerprint density at radius 3 is 2.33 bits per heavy atom. The van der Waals surface area contributed by atoms with E-state index in [0.29, 0.717) is 31.3 Å². The number of nitrogens with one attached hydrogen (secondary N) is 1. The van der Waals surface area contributed by atoms with Crippen molar-refractivity contribution in [3.05, 3.63) is 89.5 Å². The van der Waals surface area contributed by atoms with Crippen molar-refractivity contribution in [2.75, 3.05) is 36.9 Å². The molecule has 0 bridgehead atoms. The van der Waals surface area contributed by atoms with Crippen molar-refractivity contribution in [2.24, 2.45) is 0 Å². The van der Waals surface area contributed by atoms with Gasteiger partial charge in [0.2, 0.25) is 21.8 Å². The molecule has 1 aliphatic heterocycles. The molecular formula is C32H39N3O6S. The summed E-state index contributed by atoms with van der Waals surface area (Å²) in [6.45, 7) is 4.87. The fraction of sp³-hybridized carbons (Fsp3) is 0.375. The Labute approximate surface area is 248 Å². The number of amides is 2. The minimum absolute atomic E-state index is 0.142. The number of aryl methyl sites for hydroxylation is 1. The molecular weight excluding hydrogens is 554 g/mol. The second-order valence-electron chi connectivity index (χ2n) is 10.4. The summed E-state index contributed by atoms with van der Waals surface area (Å²) in [6.07, 6.45) is 3.05. The van der Waals surface area contributed by atoms with Gasteiger partial charge in [-0.3, -0.25) is 13.9 Å². The highest BCUT2D eigenvalue weighted by Gasteiger charge is 2.33. The molecule has 42 heavy (non-hydrogen) atoms. The highest BCUT2D eigenvalue weighted by molar-refractivity contribution is 7.92. The Hall–Kier alpha value is -4.05. The summed E-state index contributed by atoms with van der Waals surface area (Å²) in [5, 5.41) is 2.99. The summed E-state index contributed by atoms with van der Waals surface area (Å²) in [7, 11) is -3.89. The second-order valence-corrected chi connectivity index (χ2v) is 12.3. The van der Waals surface area contributed by atoms with Crippen LogP contribution in [0.1, 0.15) is 36.5 Å². The maximum absolute atomic E-state index is 14.2. The monoisotopic (exact) mass is 593 g/mol. The van der Waals surface area contributed by atoms with Crippen LogP contribution in [0.2, 0.25) is 0 Å².